The number of nitrogen functional groups attached to an aromatic ring is 1. The second-order valence-electron chi connectivity index (χ2n) is 7.69. The van der Waals surface area contributed by atoms with Gasteiger partial charge in [-0.3, -0.25) is 0 Å². The van der Waals surface area contributed by atoms with E-state index in [1.54, 1.807) is 14.0 Å². The zero-order valence-corrected chi connectivity index (χ0v) is 19.6. The van der Waals surface area contributed by atoms with Gasteiger partial charge in [0.25, 0.3) is 0 Å². The molecule has 9 nitrogen and oxygen atoms in total. The van der Waals surface area contributed by atoms with Crippen molar-refractivity contribution in [3.05, 3.63) is 41.6 Å². The molecule has 1 aromatic carbocycles. The fourth-order valence-corrected chi connectivity index (χ4v) is 3.61. The average Bonchev–Trinajstić information content (AvgIpc) is 3.20. The smallest absolute Gasteiger partial charge is 0.332 e. The quantitative estimate of drug-likeness (QED) is 0.296. The number of esters is 1. The summed E-state index contributed by atoms with van der Waals surface area (Å²) in [4.78, 5) is 20.3. The highest BCUT2D eigenvalue weighted by molar-refractivity contribution is 5.87. The summed E-state index contributed by atoms with van der Waals surface area (Å²) >= 11 is 0. The Morgan fingerprint density at radius 3 is 2.79 bits per heavy atom. The van der Waals surface area contributed by atoms with Crippen molar-refractivity contribution in [3.8, 4) is 5.75 Å². The van der Waals surface area contributed by atoms with E-state index in [4.69, 9.17) is 19.9 Å². The normalized spacial score (nSPS) is 11.0. The summed E-state index contributed by atoms with van der Waals surface area (Å²) in [5.74, 6) is 1.36. The summed E-state index contributed by atoms with van der Waals surface area (Å²) < 4.78 is 18.0. The Balaban J connectivity index is 1.76. The number of carbonyl (C=O) groups is 1. The molecular weight excluding hydrogens is 422 g/mol. The van der Waals surface area contributed by atoms with Crippen LogP contribution in [0.4, 0.5) is 11.8 Å². The molecule has 0 radical (unpaired) electrons. The number of nitrogens with two attached hydrogens (primary N) is 1. The van der Waals surface area contributed by atoms with Gasteiger partial charge >= 0.3 is 5.97 Å². The number of ether oxygens (including phenoxy) is 3. The minimum Gasteiger partial charge on any atom is -0.496 e. The molecule has 2 heterocycles. The van der Waals surface area contributed by atoms with Crippen LogP contribution in [-0.2, 0) is 27.4 Å². The van der Waals surface area contributed by atoms with Crippen molar-refractivity contribution < 1.29 is 19.0 Å². The molecule has 0 fully saturated rings. The number of carbonyl (C=O) groups excluding carboxylic acids is 1. The van der Waals surface area contributed by atoms with Gasteiger partial charge < -0.3 is 29.8 Å². The van der Waals surface area contributed by atoms with Crippen molar-refractivity contribution in [1.29, 1.82) is 0 Å². The molecule has 0 aliphatic carbocycles. The number of nitrogens with zero attached hydrogens (tertiary/aromatic N) is 3. The van der Waals surface area contributed by atoms with Gasteiger partial charge in [-0.05, 0) is 31.0 Å². The Morgan fingerprint density at radius 2 is 2.03 bits per heavy atom. The van der Waals surface area contributed by atoms with Crippen LogP contribution in [0.1, 0.15) is 44.2 Å². The van der Waals surface area contributed by atoms with Gasteiger partial charge in [0.2, 0.25) is 5.95 Å². The zero-order chi connectivity index (χ0) is 23.6. The summed E-state index contributed by atoms with van der Waals surface area (Å²) in [6, 6.07) is 7.83. The first-order chi connectivity index (χ1) is 16.0. The maximum Gasteiger partial charge on any atom is 0.332 e. The van der Waals surface area contributed by atoms with Crippen LogP contribution >= 0.6 is 0 Å². The van der Waals surface area contributed by atoms with Gasteiger partial charge in [-0.1, -0.05) is 31.9 Å². The molecule has 0 aliphatic rings. The summed E-state index contributed by atoms with van der Waals surface area (Å²) in [5.41, 5.74) is 9.53. The van der Waals surface area contributed by atoms with Crippen molar-refractivity contribution in [1.82, 2.24) is 14.5 Å². The number of hydrogen-bond acceptors (Lipinski definition) is 8. The number of anilines is 2. The third-order valence-corrected chi connectivity index (χ3v) is 5.19. The van der Waals surface area contributed by atoms with Crippen LogP contribution in [0.15, 0.2) is 30.5 Å². The second kappa shape index (κ2) is 12.1. The van der Waals surface area contributed by atoms with Crippen LogP contribution in [-0.4, -0.2) is 47.4 Å². The second-order valence-corrected chi connectivity index (χ2v) is 7.69. The Kier molecular flexibility index (Phi) is 8.88. The number of aromatic nitrogens is 3. The maximum absolute atomic E-state index is 11.4. The third kappa shape index (κ3) is 6.58. The Labute approximate surface area is 194 Å². The van der Waals surface area contributed by atoms with E-state index >= 15 is 0 Å². The predicted molar refractivity (Wildman–Crippen MR) is 128 cm³/mol. The van der Waals surface area contributed by atoms with Crippen LogP contribution in [0.3, 0.4) is 0 Å². The van der Waals surface area contributed by atoms with E-state index in [1.807, 2.05) is 30.5 Å². The Bertz CT molecular complexity index is 1070. The van der Waals surface area contributed by atoms with Crippen LogP contribution in [0.25, 0.3) is 11.0 Å². The van der Waals surface area contributed by atoms with E-state index in [2.05, 4.69) is 26.8 Å². The largest absolute Gasteiger partial charge is 0.496 e. The summed E-state index contributed by atoms with van der Waals surface area (Å²) in [6.45, 7) is 5.90. The molecule has 3 aromatic rings. The molecule has 0 spiro atoms. The van der Waals surface area contributed by atoms with Crippen molar-refractivity contribution >= 4 is 28.8 Å². The molecule has 0 saturated carbocycles. The van der Waals surface area contributed by atoms with E-state index in [1.165, 1.54) is 0 Å². The van der Waals surface area contributed by atoms with Gasteiger partial charge in [0, 0.05) is 18.3 Å². The lowest BCUT2D eigenvalue weighted by Gasteiger charge is -2.14. The van der Waals surface area contributed by atoms with Gasteiger partial charge in [0.05, 0.1) is 32.4 Å². The molecule has 0 bridgehead atoms. The molecule has 0 amide bonds. The van der Waals surface area contributed by atoms with Crippen molar-refractivity contribution in [2.75, 3.05) is 37.9 Å². The van der Waals surface area contributed by atoms with Gasteiger partial charge in [-0.15, -0.1) is 0 Å². The molecule has 33 heavy (non-hydrogen) atoms. The molecule has 0 atom stereocenters. The van der Waals surface area contributed by atoms with Crippen LogP contribution in [0, 0.1) is 0 Å². The van der Waals surface area contributed by atoms with Gasteiger partial charge in [-0.2, -0.15) is 4.98 Å². The highest BCUT2D eigenvalue weighted by Gasteiger charge is 2.14. The van der Waals surface area contributed by atoms with Gasteiger partial charge in [-0.25, -0.2) is 9.78 Å². The standard InChI is InChI=1S/C24H33N5O4/c1-4-6-7-11-26-23-22-19(27-24(25)28-23)10-12-29(22)14-18-9-8-17(13-20(18)31-3)15-32-16-21(30)33-5-2/h8-10,12-13H,4-7,11,14-16H2,1-3H3,(H3,25,26,27,28). The molecular formula is C24H33N5O4. The Hall–Kier alpha value is -3.33. The first kappa shape index (κ1) is 24.3. The summed E-state index contributed by atoms with van der Waals surface area (Å²) in [5, 5.41) is 3.42. The lowest BCUT2D eigenvalue weighted by Crippen LogP contribution is -2.12. The van der Waals surface area contributed by atoms with E-state index in [9.17, 15) is 4.79 Å². The van der Waals surface area contributed by atoms with E-state index in [-0.39, 0.29) is 18.5 Å². The minimum atomic E-state index is -0.373. The predicted octanol–water partition coefficient (Wildman–Crippen LogP) is 3.75. The van der Waals surface area contributed by atoms with E-state index in [0.717, 1.165) is 59.5 Å². The molecule has 0 saturated heterocycles. The molecule has 3 rings (SSSR count). The SMILES string of the molecule is CCCCCNc1nc(N)nc2ccn(Cc3ccc(COCC(=O)OCC)cc3OC)c12. The number of nitrogens with one attached hydrogen (secondary N) is 1. The fourth-order valence-electron chi connectivity index (χ4n) is 3.61. The summed E-state index contributed by atoms with van der Waals surface area (Å²) in [7, 11) is 1.64. The van der Waals surface area contributed by atoms with Gasteiger partial charge in [0.1, 0.15) is 17.9 Å². The molecule has 0 unspecified atom stereocenters. The maximum atomic E-state index is 11.4. The van der Waals surface area contributed by atoms with Crippen LogP contribution in [0.5, 0.6) is 5.75 Å². The van der Waals surface area contributed by atoms with Gasteiger partial charge in [0.15, 0.2) is 5.82 Å². The average molecular weight is 456 g/mol. The number of rotatable bonds is 13. The third-order valence-electron chi connectivity index (χ3n) is 5.19. The van der Waals surface area contributed by atoms with Crippen molar-refractivity contribution in [3.63, 3.8) is 0 Å². The summed E-state index contributed by atoms with van der Waals surface area (Å²) in [6.07, 6.45) is 5.36. The minimum absolute atomic E-state index is 0.0789. The number of methoxy groups -OCH3 is 1. The van der Waals surface area contributed by atoms with Crippen molar-refractivity contribution in [2.24, 2.45) is 0 Å². The zero-order valence-electron chi connectivity index (χ0n) is 19.6. The molecule has 0 aliphatic heterocycles. The molecule has 178 valence electrons. The number of unbranched alkanes of at least 4 members (excludes halogenated alkanes) is 2. The highest BCUT2D eigenvalue weighted by Crippen LogP contribution is 2.27. The topological polar surface area (TPSA) is 114 Å². The first-order valence-corrected chi connectivity index (χ1v) is 11.3. The molecule has 3 N–H and O–H groups in total. The van der Waals surface area contributed by atoms with E-state index < -0.39 is 0 Å². The number of benzene rings is 1. The van der Waals surface area contributed by atoms with E-state index in [0.29, 0.717) is 19.8 Å². The first-order valence-electron chi connectivity index (χ1n) is 11.3. The molecule has 2 aromatic heterocycles. The van der Waals surface area contributed by atoms with Crippen molar-refractivity contribution in [2.45, 2.75) is 46.3 Å². The fraction of sp³-hybridized carbons (Fsp3) is 0.458. The molecule has 9 heteroatoms. The lowest BCUT2D eigenvalue weighted by molar-refractivity contribution is -0.148. The number of hydrogen-bond donors (Lipinski definition) is 2. The number of fused-ring (bicyclic) bond motifs is 1. The Morgan fingerprint density at radius 1 is 1.18 bits per heavy atom. The van der Waals surface area contributed by atoms with Crippen LogP contribution in [0.2, 0.25) is 0 Å². The monoisotopic (exact) mass is 455 g/mol. The lowest BCUT2D eigenvalue weighted by atomic mass is 10.1. The highest BCUT2D eigenvalue weighted by atomic mass is 16.6. The van der Waals surface area contributed by atoms with Crippen LogP contribution < -0.4 is 15.8 Å².